The number of carbonyl (C=O) groups excluding carboxylic acids is 3. The van der Waals surface area contributed by atoms with Gasteiger partial charge < -0.3 is 19.5 Å². The Kier molecular flexibility index (Phi) is 4.88. The van der Waals surface area contributed by atoms with Crippen LogP contribution in [-0.4, -0.2) is 65.9 Å². The molecule has 0 bridgehead atoms. The third-order valence-corrected chi connectivity index (χ3v) is 6.06. The van der Waals surface area contributed by atoms with Crippen LogP contribution in [0.2, 0.25) is 0 Å². The zero-order chi connectivity index (χ0) is 22.5. The van der Waals surface area contributed by atoms with E-state index < -0.39 is 23.6 Å². The zero-order valence-corrected chi connectivity index (χ0v) is 17.9. The summed E-state index contributed by atoms with van der Waals surface area (Å²) in [5, 5.41) is 2.88. The fourth-order valence-electron chi connectivity index (χ4n) is 4.72. The number of fused-ring (bicyclic) bond motifs is 2. The Morgan fingerprint density at radius 3 is 2.31 bits per heavy atom. The van der Waals surface area contributed by atoms with E-state index in [0.717, 1.165) is 0 Å². The van der Waals surface area contributed by atoms with Gasteiger partial charge in [0.2, 0.25) is 0 Å². The van der Waals surface area contributed by atoms with E-state index in [2.05, 4.69) is 5.32 Å². The van der Waals surface area contributed by atoms with Crippen molar-refractivity contribution in [3.05, 3.63) is 71.3 Å². The highest BCUT2D eigenvalue weighted by molar-refractivity contribution is 6.21. The molecule has 0 aliphatic carbocycles. The van der Waals surface area contributed by atoms with Crippen LogP contribution in [0.25, 0.3) is 0 Å². The fraction of sp³-hybridized carbons (Fsp3) is 0.375. The molecule has 3 atom stereocenters. The maximum absolute atomic E-state index is 12.9. The fourth-order valence-corrected chi connectivity index (χ4v) is 4.72. The van der Waals surface area contributed by atoms with Crippen molar-refractivity contribution < 1.29 is 28.6 Å². The Balaban J connectivity index is 1.34. The first-order chi connectivity index (χ1) is 15.3. The number of hydrogen-bond acceptors (Lipinski definition) is 6. The Morgan fingerprint density at radius 2 is 1.66 bits per heavy atom. The van der Waals surface area contributed by atoms with Gasteiger partial charge in [-0.25, -0.2) is 0 Å². The number of carbonyl (C=O) groups is 3. The van der Waals surface area contributed by atoms with E-state index in [1.165, 1.54) is 4.90 Å². The van der Waals surface area contributed by atoms with Crippen molar-refractivity contribution in [3.63, 3.8) is 0 Å². The molecule has 0 spiro atoms. The summed E-state index contributed by atoms with van der Waals surface area (Å²) < 4.78 is 18.3. The van der Waals surface area contributed by atoms with Gasteiger partial charge in [-0.3, -0.25) is 19.3 Å². The van der Waals surface area contributed by atoms with Crippen LogP contribution in [0.15, 0.2) is 54.6 Å². The molecule has 2 saturated heterocycles. The molecule has 0 radical (unpaired) electrons. The van der Waals surface area contributed by atoms with E-state index in [4.69, 9.17) is 14.2 Å². The number of rotatable bonds is 5. The number of nitrogens with zero attached hydrogens (tertiary/aromatic N) is 1. The lowest BCUT2D eigenvalue weighted by Crippen LogP contribution is -2.53. The lowest BCUT2D eigenvalue weighted by Gasteiger charge is -2.30. The van der Waals surface area contributed by atoms with Crippen molar-refractivity contribution in [2.45, 2.75) is 37.4 Å². The van der Waals surface area contributed by atoms with Crippen molar-refractivity contribution in [1.29, 1.82) is 0 Å². The van der Waals surface area contributed by atoms with E-state index in [1.54, 1.807) is 62.4 Å². The van der Waals surface area contributed by atoms with Crippen LogP contribution in [0.1, 0.15) is 44.9 Å². The van der Waals surface area contributed by atoms with Crippen LogP contribution < -0.4 is 5.32 Å². The molecule has 5 rings (SSSR count). The highest BCUT2D eigenvalue weighted by atomic mass is 16.8. The molecule has 0 aromatic heterocycles. The number of benzene rings is 2. The summed E-state index contributed by atoms with van der Waals surface area (Å²) in [6.45, 7) is 3.93. The molecule has 3 amide bonds. The second-order valence-electron chi connectivity index (χ2n) is 8.77. The predicted octanol–water partition coefficient (Wildman–Crippen LogP) is 2.00. The third-order valence-electron chi connectivity index (χ3n) is 6.06. The minimum Gasteiger partial charge on any atom is -0.370 e. The summed E-state index contributed by atoms with van der Waals surface area (Å²) in [6.07, 6.45) is -1.04. The van der Waals surface area contributed by atoms with E-state index in [-0.39, 0.29) is 37.4 Å². The molecule has 166 valence electrons. The minimum absolute atomic E-state index is 0.0105. The summed E-state index contributed by atoms with van der Waals surface area (Å²) in [5.41, 5.74) is 0.300. The van der Waals surface area contributed by atoms with E-state index in [9.17, 15) is 14.4 Å². The molecule has 3 heterocycles. The second-order valence-corrected chi connectivity index (χ2v) is 8.77. The standard InChI is InChI=1S/C24H24N2O6/c1-23(2)31-19-18(12-25-20(27)15-8-4-3-5-9-15)30-14-24(19,32-23)13-26-21(28)16-10-6-7-11-17(16)22(26)29/h3-11,18-19H,12-14H2,1-2H3,(H,25,27)/t18-,19-,24+/m1/s1. The molecule has 2 fully saturated rings. The largest absolute Gasteiger partial charge is 0.370 e. The molecule has 8 nitrogen and oxygen atoms in total. The molecule has 32 heavy (non-hydrogen) atoms. The monoisotopic (exact) mass is 436 g/mol. The summed E-state index contributed by atoms with van der Waals surface area (Å²) >= 11 is 0. The maximum Gasteiger partial charge on any atom is 0.261 e. The second kappa shape index (κ2) is 7.51. The number of nitrogens with one attached hydrogen (secondary N) is 1. The first-order valence-corrected chi connectivity index (χ1v) is 10.6. The van der Waals surface area contributed by atoms with Crippen molar-refractivity contribution in [3.8, 4) is 0 Å². The van der Waals surface area contributed by atoms with Gasteiger partial charge in [0, 0.05) is 12.1 Å². The lowest BCUT2D eigenvalue weighted by atomic mass is 9.95. The van der Waals surface area contributed by atoms with Crippen LogP contribution in [0.3, 0.4) is 0 Å². The Labute approximate surface area is 185 Å². The van der Waals surface area contributed by atoms with Gasteiger partial charge in [-0.15, -0.1) is 0 Å². The van der Waals surface area contributed by atoms with Gasteiger partial charge >= 0.3 is 0 Å². The Hall–Kier alpha value is -3.07. The van der Waals surface area contributed by atoms with Crippen molar-refractivity contribution in [2.24, 2.45) is 0 Å². The van der Waals surface area contributed by atoms with Crippen molar-refractivity contribution >= 4 is 17.7 Å². The number of imide groups is 1. The Morgan fingerprint density at radius 1 is 1.03 bits per heavy atom. The quantitative estimate of drug-likeness (QED) is 0.721. The average Bonchev–Trinajstić information content (AvgIpc) is 3.33. The molecule has 3 aliphatic heterocycles. The van der Waals surface area contributed by atoms with Gasteiger partial charge in [0.25, 0.3) is 17.7 Å². The molecule has 0 unspecified atom stereocenters. The smallest absolute Gasteiger partial charge is 0.261 e. The van der Waals surface area contributed by atoms with Gasteiger partial charge in [-0.2, -0.15) is 0 Å². The zero-order valence-electron chi connectivity index (χ0n) is 17.9. The first-order valence-electron chi connectivity index (χ1n) is 10.6. The number of ether oxygens (including phenoxy) is 3. The average molecular weight is 436 g/mol. The van der Waals surface area contributed by atoms with Crippen molar-refractivity contribution in [1.82, 2.24) is 10.2 Å². The van der Waals surface area contributed by atoms with Crippen molar-refractivity contribution in [2.75, 3.05) is 19.7 Å². The van der Waals surface area contributed by atoms with E-state index in [1.807, 2.05) is 6.07 Å². The van der Waals surface area contributed by atoms with E-state index in [0.29, 0.717) is 16.7 Å². The molecular formula is C24H24N2O6. The molecular weight excluding hydrogens is 412 g/mol. The third kappa shape index (κ3) is 3.40. The summed E-state index contributed by atoms with van der Waals surface area (Å²) in [4.78, 5) is 39.5. The summed E-state index contributed by atoms with van der Waals surface area (Å²) in [6, 6.07) is 15.7. The molecule has 3 aliphatic rings. The van der Waals surface area contributed by atoms with Crippen LogP contribution in [0.4, 0.5) is 0 Å². The SMILES string of the molecule is CC1(C)O[C@@H]2[C@@H](CNC(=O)c3ccccc3)OC[C@]2(CN2C(=O)c3ccccc3C2=O)O1. The molecule has 0 saturated carbocycles. The van der Waals surface area contributed by atoms with Gasteiger partial charge in [-0.1, -0.05) is 30.3 Å². The molecule has 8 heteroatoms. The molecule has 2 aromatic carbocycles. The minimum atomic E-state index is -1.01. The van der Waals surface area contributed by atoms with E-state index >= 15 is 0 Å². The Bertz CT molecular complexity index is 1050. The van der Waals surface area contributed by atoms with Crippen LogP contribution in [0, 0.1) is 0 Å². The van der Waals surface area contributed by atoms with Crippen LogP contribution >= 0.6 is 0 Å². The van der Waals surface area contributed by atoms with Crippen LogP contribution in [-0.2, 0) is 14.2 Å². The number of amides is 3. The lowest BCUT2D eigenvalue weighted by molar-refractivity contribution is -0.190. The topological polar surface area (TPSA) is 94.2 Å². The highest BCUT2D eigenvalue weighted by Gasteiger charge is 2.62. The summed E-state index contributed by atoms with van der Waals surface area (Å²) in [7, 11) is 0. The van der Waals surface area contributed by atoms with Gasteiger partial charge in [0.1, 0.15) is 17.8 Å². The highest BCUT2D eigenvalue weighted by Crippen LogP contribution is 2.44. The normalized spacial score (nSPS) is 28.0. The summed E-state index contributed by atoms with van der Waals surface area (Å²) in [5.74, 6) is -1.85. The van der Waals surface area contributed by atoms with Gasteiger partial charge in [0.15, 0.2) is 5.79 Å². The number of hydrogen-bond donors (Lipinski definition) is 1. The van der Waals surface area contributed by atoms with Crippen LogP contribution in [0.5, 0.6) is 0 Å². The predicted molar refractivity (Wildman–Crippen MR) is 113 cm³/mol. The molecule has 1 N–H and O–H groups in total. The molecule has 2 aromatic rings. The van der Waals surface area contributed by atoms with Gasteiger partial charge in [-0.05, 0) is 38.1 Å². The first kappa shape index (κ1) is 20.8. The van der Waals surface area contributed by atoms with Gasteiger partial charge in [0.05, 0.1) is 24.3 Å². The maximum atomic E-state index is 12.9.